The van der Waals surface area contributed by atoms with Crippen LogP contribution in [-0.2, 0) is 9.59 Å². The van der Waals surface area contributed by atoms with E-state index in [0.717, 1.165) is 13.0 Å². The minimum absolute atomic E-state index is 0.0456. The Morgan fingerprint density at radius 2 is 1.75 bits per heavy atom. The summed E-state index contributed by atoms with van der Waals surface area (Å²) in [7, 11) is 3.47. The van der Waals surface area contributed by atoms with E-state index >= 15 is 0 Å². The third-order valence-electron chi connectivity index (χ3n) is 2.71. The molecule has 0 aliphatic rings. The van der Waals surface area contributed by atoms with Gasteiger partial charge >= 0.3 is 0 Å². The van der Waals surface area contributed by atoms with Crippen LogP contribution in [0.25, 0.3) is 0 Å². The molecule has 16 heavy (non-hydrogen) atoms. The molecule has 0 aromatic carbocycles. The van der Waals surface area contributed by atoms with Gasteiger partial charge in [0.1, 0.15) is 5.78 Å². The topological polar surface area (TPSA) is 40.6 Å². The third-order valence-corrected chi connectivity index (χ3v) is 2.71. The average Bonchev–Trinajstić information content (AvgIpc) is 2.26. The van der Waals surface area contributed by atoms with Gasteiger partial charge in [-0.05, 0) is 19.9 Å². The maximum Gasteiger partial charge on any atom is 0.236 e. The van der Waals surface area contributed by atoms with Gasteiger partial charge < -0.3 is 4.90 Å². The normalized spacial score (nSPS) is 12.6. The molecule has 0 aliphatic carbocycles. The van der Waals surface area contributed by atoms with Gasteiger partial charge in [0.15, 0.2) is 0 Å². The maximum absolute atomic E-state index is 11.6. The van der Waals surface area contributed by atoms with Gasteiger partial charge in [-0.1, -0.05) is 13.8 Å². The Hall–Kier alpha value is -0.900. The molecule has 0 radical (unpaired) electrons. The summed E-state index contributed by atoms with van der Waals surface area (Å²) in [6.45, 7) is 6.90. The third kappa shape index (κ3) is 4.75. The Morgan fingerprint density at radius 1 is 1.19 bits per heavy atom. The van der Waals surface area contributed by atoms with Crippen LogP contribution < -0.4 is 0 Å². The molecule has 0 heterocycles. The highest BCUT2D eigenvalue weighted by Gasteiger charge is 2.21. The summed E-state index contributed by atoms with van der Waals surface area (Å²) in [5.74, 6) is 0.240. The van der Waals surface area contributed by atoms with Crippen molar-refractivity contribution < 1.29 is 9.59 Å². The fourth-order valence-corrected chi connectivity index (χ4v) is 1.51. The highest BCUT2D eigenvalue weighted by Crippen LogP contribution is 2.04. The second kappa shape index (κ2) is 7.39. The van der Waals surface area contributed by atoms with Crippen molar-refractivity contribution in [1.29, 1.82) is 0 Å². The van der Waals surface area contributed by atoms with Crippen LogP contribution in [0.5, 0.6) is 0 Å². The van der Waals surface area contributed by atoms with Crippen LogP contribution in [0.4, 0.5) is 0 Å². The fourth-order valence-electron chi connectivity index (χ4n) is 1.51. The van der Waals surface area contributed by atoms with E-state index in [1.54, 1.807) is 19.0 Å². The highest BCUT2D eigenvalue weighted by atomic mass is 16.2. The van der Waals surface area contributed by atoms with Crippen LogP contribution >= 0.6 is 0 Å². The van der Waals surface area contributed by atoms with Crippen molar-refractivity contribution >= 4 is 11.7 Å². The molecule has 4 nitrogen and oxygen atoms in total. The number of rotatable bonds is 7. The molecule has 94 valence electrons. The van der Waals surface area contributed by atoms with Gasteiger partial charge in [-0.2, -0.15) is 0 Å². The first-order chi connectivity index (χ1) is 7.43. The van der Waals surface area contributed by atoms with E-state index in [-0.39, 0.29) is 17.7 Å². The second-order valence-electron chi connectivity index (χ2n) is 4.25. The smallest absolute Gasteiger partial charge is 0.236 e. The van der Waals surface area contributed by atoms with Crippen molar-refractivity contribution in [1.82, 2.24) is 9.80 Å². The first-order valence-electron chi connectivity index (χ1n) is 5.90. The summed E-state index contributed by atoms with van der Waals surface area (Å²) in [4.78, 5) is 26.7. The summed E-state index contributed by atoms with van der Waals surface area (Å²) in [6, 6.07) is -0.158. The van der Waals surface area contributed by atoms with Crippen LogP contribution in [0.15, 0.2) is 0 Å². The summed E-state index contributed by atoms with van der Waals surface area (Å²) < 4.78 is 0. The lowest BCUT2D eigenvalue weighted by molar-refractivity contribution is -0.132. The Labute approximate surface area is 98.6 Å². The number of amides is 1. The molecular formula is C12H24N2O2. The zero-order chi connectivity index (χ0) is 12.7. The van der Waals surface area contributed by atoms with E-state index < -0.39 is 0 Å². The van der Waals surface area contributed by atoms with E-state index in [1.807, 2.05) is 18.7 Å². The minimum atomic E-state index is -0.158. The number of likely N-dealkylation sites (N-methyl/N-ethyl adjacent to an activating group) is 1. The molecule has 0 saturated heterocycles. The predicted octanol–water partition coefficient (Wildman–Crippen LogP) is 1.15. The molecular weight excluding hydrogens is 204 g/mol. The first-order valence-corrected chi connectivity index (χ1v) is 5.90. The summed E-state index contributed by atoms with van der Waals surface area (Å²) >= 11 is 0. The molecule has 1 amide bonds. The van der Waals surface area contributed by atoms with Gasteiger partial charge in [0.05, 0.1) is 12.6 Å². The Kier molecular flexibility index (Phi) is 6.97. The lowest BCUT2D eigenvalue weighted by Crippen LogP contribution is -2.45. The van der Waals surface area contributed by atoms with E-state index in [2.05, 4.69) is 6.92 Å². The molecule has 0 bridgehead atoms. The highest BCUT2D eigenvalue weighted by molar-refractivity contribution is 5.84. The standard InChI is InChI=1S/C12H24N2O2/c1-6-8-14(9-12(16)13(4)5)10(3)11(15)7-2/h10H,6-9H2,1-5H3. The van der Waals surface area contributed by atoms with Crippen molar-refractivity contribution in [3.05, 3.63) is 0 Å². The van der Waals surface area contributed by atoms with Crippen LogP contribution in [0.1, 0.15) is 33.6 Å². The zero-order valence-electron chi connectivity index (χ0n) is 11.1. The monoisotopic (exact) mass is 228 g/mol. The van der Waals surface area contributed by atoms with Crippen molar-refractivity contribution in [2.24, 2.45) is 0 Å². The number of hydrogen-bond donors (Lipinski definition) is 0. The van der Waals surface area contributed by atoms with Gasteiger partial charge in [0.25, 0.3) is 0 Å². The summed E-state index contributed by atoms with van der Waals surface area (Å²) in [5, 5.41) is 0. The van der Waals surface area contributed by atoms with E-state index in [4.69, 9.17) is 0 Å². The Morgan fingerprint density at radius 3 is 2.12 bits per heavy atom. The zero-order valence-corrected chi connectivity index (χ0v) is 11.1. The van der Waals surface area contributed by atoms with Gasteiger partial charge in [0, 0.05) is 20.5 Å². The fraction of sp³-hybridized carbons (Fsp3) is 0.833. The van der Waals surface area contributed by atoms with E-state index in [0.29, 0.717) is 13.0 Å². The van der Waals surface area contributed by atoms with Crippen molar-refractivity contribution in [3.63, 3.8) is 0 Å². The SMILES string of the molecule is CCCN(CC(=O)N(C)C)C(C)C(=O)CC. The molecule has 0 saturated carbocycles. The lowest BCUT2D eigenvalue weighted by atomic mass is 10.1. The summed E-state index contributed by atoms with van der Waals surface area (Å²) in [5.41, 5.74) is 0. The first kappa shape index (κ1) is 15.1. The van der Waals surface area contributed by atoms with Crippen LogP contribution in [0, 0.1) is 0 Å². The Balaban J connectivity index is 4.48. The van der Waals surface area contributed by atoms with E-state index in [9.17, 15) is 9.59 Å². The van der Waals surface area contributed by atoms with E-state index in [1.165, 1.54) is 0 Å². The van der Waals surface area contributed by atoms with Crippen molar-refractivity contribution in [3.8, 4) is 0 Å². The maximum atomic E-state index is 11.6. The van der Waals surface area contributed by atoms with Crippen LogP contribution in [0.2, 0.25) is 0 Å². The van der Waals surface area contributed by atoms with Gasteiger partial charge in [-0.3, -0.25) is 14.5 Å². The van der Waals surface area contributed by atoms with Crippen molar-refractivity contribution in [2.75, 3.05) is 27.2 Å². The number of ketones is 1. The minimum Gasteiger partial charge on any atom is -0.348 e. The molecule has 0 rings (SSSR count). The quantitative estimate of drug-likeness (QED) is 0.656. The number of hydrogen-bond acceptors (Lipinski definition) is 3. The lowest BCUT2D eigenvalue weighted by Gasteiger charge is -2.28. The molecule has 0 N–H and O–H groups in total. The van der Waals surface area contributed by atoms with Crippen LogP contribution in [-0.4, -0.2) is 54.7 Å². The number of Topliss-reactive ketones (excluding diaryl/α,β-unsaturated/α-hetero) is 1. The number of carbonyl (C=O) groups excluding carboxylic acids is 2. The van der Waals surface area contributed by atoms with Gasteiger partial charge in [-0.15, -0.1) is 0 Å². The largest absolute Gasteiger partial charge is 0.348 e. The Bertz CT molecular complexity index is 239. The molecule has 0 aromatic heterocycles. The predicted molar refractivity (Wildman–Crippen MR) is 65.3 cm³/mol. The second-order valence-corrected chi connectivity index (χ2v) is 4.25. The molecule has 1 atom stereocenters. The van der Waals surface area contributed by atoms with Gasteiger partial charge in [0.2, 0.25) is 5.91 Å². The molecule has 0 aliphatic heterocycles. The number of carbonyl (C=O) groups is 2. The molecule has 4 heteroatoms. The van der Waals surface area contributed by atoms with Crippen LogP contribution in [0.3, 0.4) is 0 Å². The van der Waals surface area contributed by atoms with Crippen molar-refractivity contribution in [2.45, 2.75) is 39.7 Å². The van der Waals surface area contributed by atoms with Gasteiger partial charge in [-0.25, -0.2) is 0 Å². The average molecular weight is 228 g/mol. The molecule has 0 spiro atoms. The summed E-state index contributed by atoms with van der Waals surface area (Å²) in [6.07, 6.45) is 1.47. The molecule has 1 unspecified atom stereocenters. The molecule has 0 aromatic rings. The molecule has 0 fully saturated rings. The number of nitrogens with zero attached hydrogens (tertiary/aromatic N) is 2.